The van der Waals surface area contributed by atoms with Gasteiger partial charge in [0, 0.05) is 0 Å². The molecule has 3 fully saturated rings. The Morgan fingerprint density at radius 3 is 2.26 bits per heavy atom. The first-order valence-corrected chi connectivity index (χ1v) is 10.1. The number of aliphatic hydroxyl groups excluding tert-OH is 1. The van der Waals surface area contributed by atoms with Gasteiger partial charge < -0.3 is 15.3 Å². The molecule has 0 amide bonds. The minimum atomic E-state index is -2.21. The van der Waals surface area contributed by atoms with Crippen LogP contribution in [0.1, 0.15) is 59.3 Å². The van der Waals surface area contributed by atoms with Gasteiger partial charge in [0.15, 0.2) is 22.8 Å². The van der Waals surface area contributed by atoms with Gasteiger partial charge in [-0.15, -0.1) is 0 Å². The summed E-state index contributed by atoms with van der Waals surface area (Å²) >= 11 is 0. The molecule has 4 aliphatic carbocycles. The molecule has 0 aromatic carbocycles. The Morgan fingerprint density at radius 2 is 1.63 bits per heavy atom. The molecule has 4 aliphatic rings. The van der Waals surface area contributed by atoms with Crippen LogP contribution in [0.15, 0.2) is 23.3 Å². The molecule has 27 heavy (non-hydrogen) atoms. The first-order valence-electron chi connectivity index (χ1n) is 10.1. The summed E-state index contributed by atoms with van der Waals surface area (Å²) in [6.07, 6.45) is 8.01. The minimum absolute atomic E-state index is 0.0470. The van der Waals surface area contributed by atoms with E-state index in [4.69, 9.17) is 0 Å². The zero-order valence-corrected chi connectivity index (χ0v) is 16.4. The lowest BCUT2D eigenvalue weighted by Gasteiger charge is -2.52. The minimum Gasteiger partial charge on any atom is -0.393 e. The number of hydrogen-bond acceptors (Lipinski definition) is 5. The Labute approximate surface area is 160 Å². The lowest BCUT2D eigenvalue weighted by Crippen LogP contribution is -2.62. The third-order valence-corrected chi connectivity index (χ3v) is 8.31. The monoisotopic (exact) mass is 374 g/mol. The standard InChI is InChI=1S/C22H30O5/c1-12(23)21(26)10-14-4-5-16-15(17(14)11-22(21,27)13(2)24)8-9-20(3)18(16)6-7-19(20)25/h10-11,15-16,18-19,25-27H,4-9H2,1-3H3/t15-,16+,18-,19-,20-,21?,22?/m0/s1. The van der Waals surface area contributed by atoms with Crippen molar-refractivity contribution < 1.29 is 24.9 Å². The Hall–Kier alpha value is -1.30. The van der Waals surface area contributed by atoms with Crippen LogP contribution >= 0.6 is 0 Å². The summed E-state index contributed by atoms with van der Waals surface area (Å²) in [5, 5.41) is 32.5. The van der Waals surface area contributed by atoms with Crippen molar-refractivity contribution in [2.45, 2.75) is 76.6 Å². The smallest absolute Gasteiger partial charge is 0.180 e. The van der Waals surface area contributed by atoms with Crippen molar-refractivity contribution in [1.29, 1.82) is 0 Å². The molecule has 0 heterocycles. The molecule has 5 nitrogen and oxygen atoms in total. The van der Waals surface area contributed by atoms with Crippen LogP contribution in [-0.4, -0.2) is 44.2 Å². The second-order valence-electron chi connectivity index (χ2n) is 9.47. The van der Waals surface area contributed by atoms with Gasteiger partial charge in [-0.1, -0.05) is 6.92 Å². The van der Waals surface area contributed by atoms with E-state index in [0.717, 1.165) is 49.7 Å². The molecule has 0 aromatic rings. The highest BCUT2D eigenvalue weighted by Gasteiger charge is 2.59. The summed E-state index contributed by atoms with van der Waals surface area (Å²) in [4.78, 5) is 24.4. The Kier molecular flexibility index (Phi) is 4.12. The van der Waals surface area contributed by atoms with Crippen LogP contribution in [0.25, 0.3) is 0 Å². The summed E-state index contributed by atoms with van der Waals surface area (Å²) in [5.41, 5.74) is -2.64. The van der Waals surface area contributed by atoms with Crippen molar-refractivity contribution in [2.75, 3.05) is 0 Å². The van der Waals surface area contributed by atoms with E-state index in [0.29, 0.717) is 11.8 Å². The van der Waals surface area contributed by atoms with Gasteiger partial charge >= 0.3 is 0 Å². The molecule has 0 radical (unpaired) electrons. The topological polar surface area (TPSA) is 94.8 Å². The average Bonchev–Trinajstić information content (AvgIpc) is 2.91. The van der Waals surface area contributed by atoms with Crippen LogP contribution in [0, 0.1) is 23.2 Å². The van der Waals surface area contributed by atoms with Crippen molar-refractivity contribution >= 4 is 11.6 Å². The van der Waals surface area contributed by atoms with E-state index in [9.17, 15) is 24.9 Å². The van der Waals surface area contributed by atoms with Crippen LogP contribution in [-0.2, 0) is 9.59 Å². The van der Waals surface area contributed by atoms with Crippen LogP contribution < -0.4 is 0 Å². The normalized spacial score (nSPS) is 48.7. The highest BCUT2D eigenvalue weighted by molar-refractivity contribution is 6.01. The van der Waals surface area contributed by atoms with Gasteiger partial charge in [0.1, 0.15) is 0 Å². The average molecular weight is 374 g/mol. The summed E-state index contributed by atoms with van der Waals surface area (Å²) in [6.45, 7) is 4.63. The van der Waals surface area contributed by atoms with Crippen molar-refractivity contribution in [3.63, 3.8) is 0 Å². The predicted octanol–water partition coefficient (Wildman–Crippen LogP) is 2.09. The van der Waals surface area contributed by atoms with Gasteiger partial charge in [0.2, 0.25) is 0 Å². The molecule has 4 rings (SSSR count). The first-order chi connectivity index (χ1) is 12.5. The SMILES string of the molecule is CC(=O)C1(O)C=C2CC[C@@H]3[C@H](CC[C@]4(C)[C@@H](O)CC[C@@H]34)C2=CC1(O)C(C)=O. The number of aliphatic hydroxyl groups is 3. The van der Waals surface area contributed by atoms with E-state index in [1.807, 2.05) is 0 Å². The fourth-order valence-corrected chi connectivity index (χ4v) is 6.55. The molecule has 148 valence electrons. The maximum absolute atomic E-state index is 12.3. The maximum Gasteiger partial charge on any atom is 0.180 e. The molecule has 3 saturated carbocycles. The number of ketones is 2. The fourth-order valence-electron chi connectivity index (χ4n) is 6.55. The molecule has 0 saturated heterocycles. The summed E-state index contributed by atoms with van der Waals surface area (Å²) in [6, 6.07) is 0. The Balaban J connectivity index is 1.77. The van der Waals surface area contributed by atoms with Gasteiger partial charge in [-0.25, -0.2) is 0 Å². The second kappa shape index (κ2) is 5.85. The van der Waals surface area contributed by atoms with Crippen LogP contribution in [0.4, 0.5) is 0 Å². The van der Waals surface area contributed by atoms with E-state index < -0.39 is 22.8 Å². The zero-order valence-electron chi connectivity index (χ0n) is 16.4. The fraction of sp³-hybridized carbons (Fsp3) is 0.727. The first kappa shape index (κ1) is 19.0. The number of fused-ring (bicyclic) bond motifs is 5. The van der Waals surface area contributed by atoms with E-state index in [1.54, 1.807) is 0 Å². The third-order valence-electron chi connectivity index (χ3n) is 8.31. The number of Topliss-reactive ketones (excluding diaryl/α,β-unsaturated/α-hetero) is 2. The Bertz CT molecular complexity index is 767. The molecular formula is C22H30O5. The van der Waals surface area contributed by atoms with Gasteiger partial charge in [-0.05, 0) is 98.8 Å². The van der Waals surface area contributed by atoms with Gasteiger partial charge in [-0.2, -0.15) is 0 Å². The number of hydrogen-bond donors (Lipinski definition) is 3. The zero-order chi connectivity index (χ0) is 19.8. The molecule has 5 heteroatoms. The van der Waals surface area contributed by atoms with E-state index in [2.05, 4.69) is 6.92 Å². The van der Waals surface area contributed by atoms with Crippen LogP contribution in [0.3, 0.4) is 0 Å². The van der Waals surface area contributed by atoms with E-state index in [-0.39, 0.29) is 17.4 Å². The number of rotatable bonds is 2. The number of carbonyl (C=O) groups is 2. The van der Waals surface area contributed by atoms with E-state index in [1.165, 1.54) is 26.0 Å². The lowest BCUT2D eigenvalue weighted by atomic mass is 9.53. The largest absolute Gasteiger partial charge is 0.393 e. The molecule has 0 aliphatic heterocycles. The molecule has 0 spiro atoms. The number of allylic oxidation sites excluding steroid dienone is 2. The highest BCUT2D eigenvalue weighted by Crippen LogP contribution is 2.61. The number of carbonyl (C=O) groups excluding carboxylic acids is 2. The summed E-state index contributed by atoms with van der Waals surface area (Å²) in [7, 11) is 0. The van der Waals surface area contributed by atoms with Crippen molar-refractivity contribution in [1.82, 2.24) is 0 Å². The van der Waals surface area contributed by atoms with Gasteiger partial charge in [0.05, 0.1) is 6.10 Å². The van der Waals surface area contributed by atoms with E-state index >= 15 is 0 Å². The van der Waals surface area contributed by atoms with Crippen molar-refractivity contribution in [2.24, 2.45) is 23.2 Å². The summed E-state index contributed by atoms with van der Waals surface area (Å²) in [5.74, 6) is -0.199. The van der Waals surface area contributed by atoms with Crippen LogP contribution in [0.2, 0.25) is 0 Å². The second-order valence-corrected chi connectivity index (χ2v) is 9.47. The van der Waals surface area contributed by atoms with Crippen molar-refractivity contribution in [3.05, 3.63) is 23.3 Å². The maximum atomic E-state index is 12.3. The summed E-state index contributed by atoms with van der Waals surface area (Å²) < 4.78 is 0. The van der Waals surface area contributed by atoms with Crippen LogP contribution in [0.5, 0.6) is 0 Å². The lowest BCUT2D eigenvalue weighted by molar-refractivity contribution is -0.162. The third kappa shape index (κ3) is 2.34. The quantitative estimate of drug-likeness (QED) is 0.688. The van der Waals surface area contributed by atoms with Gasteiger partial charge in [-0.3, -0.25) is 9.59 Å². The molecular weight excluding hydrogens is 344 g/mol. The molecule has 3 N–H and O–H groups in total. The highest BCUT2D eigenvalue weighted by atomic mass is 16.4. The predicted molar refractivity (Wildman–Crippen MR) is 99.7 cm³/mol. The molecule has 0 aromatic heterocycles. The van der Waals surface area contributed by atoms with Crippen molar-refractivity contribution in [3.8, 4) is 0 Å². The molecule has 0 bridgehead atoms. The molecule has 7 atom stereocenters. The Morgan fingerprint density at radius 1 is 1.00 bits per heavy atom. The van der Waals surface area contributed by atoms with Gasteiger partial charge in [0.25, 0.3) is 0 Å². The molecule has 2 unspecified atom stereocenters.